The number of carbonyl (C=O) groups is 1. The van der Waals surface area contributed by atoms with Gasteiger partial charge in [0, 0.05) is 20.1 Å². The summed E-state index contributed by atoms with van der Waals surface area (Å²) in [6.07, 6.45) is 0.713. The van der Waals surface area contributed by atoms with Crippen LogP contribution in [0.15, 0.2) is 17.9 Å². The normalized spacial score (nSPS) is 9.71. The van der Waals surface area contributed by atoms with Gasteiger partial charge in [-0.1, -0.05) is 20.4 Å². The van der Waals surface area contributed by atoms with Gasteiger partial charge in [-0.3, -0.25) is 0 Å². The molecular weight excluding hydrogens is 180 g/mol. The number of hydrogen-bond acceptors (Lipinski definition) is 3. The lowest BCUT2D eigenvalue weighted by molar-refractivity contribution is -0.139. The predicted molar refractivity (Wildman–Crippen MR) is 54.9 cm³/mol. The van der Waals surface area contributed by atoms with E-state index < -0.39 is 0 Å². The molecule has 0 aromatic rings. The number of ether oxygens (including phenoxy) is 2. The number of methoxy groups -OCH3 is 1. The number of hydrogen-bond donors (Lipinski definition) is 0. The first-order valence-corrected chi connectivity index (χ1v) is 4.69. The van der Waals surface area contributed by atoms with Crippen LogP contribution in [0.1, 0.15) is 20.3 Å². The van der Waals surface area contributed by atoms with Crippen LogP contribution < -0.4 is 0 Å². The smallest absolute Gasteiger partial charge is 0.342 e. The topological polar surface area (TPSA) is 35.5 Å². The maximum Gasteiger partial charge on any atom is 0.342 e. The van der Waals surface area contributed by atoms with Crippen molar-refractivity contribution in [1.82, 2.24) is 0 Å². The van der Waals surface area contributed by atoms with Gasteiger partial charge in [-0.05, 0) is 5.92 Å². The van der Waals surface area contributed by atoms with Crippen LogP contribution in [0, 0.1) is 5.92 Å². The molecule has 0 unspecified atom stereocenters. The number of rotatable bonds is 6. The fourth-order valence-corrected chi connectivity index (χ4v) is 0.958. The molecule has 0 saturated heterocycles. The zero-order valence-electron chi connectivity index (χ0n) is 9.13. The highest BCUT2D eigenvalue weighted by molar-refractivity contribution is 5.88. The van der Waals surface area contributed by atoms with E-state index in [0.717, 1.165) is 0 Å². The van der Waals surface area contributed by atoms with Crippen molar-refractivity contribution in [3.8, 4) is 0 Å². The molecule has 3 heteroatoms. The summed E-state index contributed by atoms with van der Waals surface area (Å²) in [6, 6.07) is 0. The first kappa shape index (κ1) is 12.9. The molecule has 0 aromatic heterocycles. The van der Waals surface area contributed by atoms with Crippen LogP contribution in [0.4, 0.5) is 0 Å². The molecule has 0 N–H and O–H groups in total. The molecule has 3 nitrogen and oxygen atoms in total. The van der Waals surface area contributed by atoms with Gasteiger partial charge in [-0.25, -0.2) is 4.79 Å². The third-order valence-electron chi connectivity index (χ3n) is 1.71. The second-order valence-corrected chi connectivity index (χ2v) is 3.23. The Hall–Kier alpha value is -1.05. The van der Waals surface area contributed by atoms with Gasteiger partial charge < -0.3 is 9.47 Å². The summed E-state index contributed by atoms with van der Waals surface area (Å²) in [6.45, 7) is 8.25. The average molecular weight is 198 g/mol. The van der Waals surface area contributed by atoms with Crippen molar-refractivity contribution in [3.05, 3.63) is 17.9 Å². The molecule has 0 rings (SSSR count). The molecule has 0 aliphatic carbocycles. The molecule has 0 bridgehead atoms. The summed E-state index contributed by atoms with van der Waals surface area (Å²) >= 11 is 0. The summed E-state index contributed by atoms with van der Waals surface area (Å²) < 4.78 is 9.83. The largest absolute Gasteiger partial charge is 0.462 e. The molecule has 0 spiro atoms. The molecule has 0 aliphatic heterocycles. The lowest BCUT2D eigenvalue weighted by atomic mass is 10.1. The van der Waals surface area contributed by atoms with E-state index in [4.69, 9.17) is 9.47 Å². The van der Waals surface area contributed by atoms with Gasteiger partial charge in [0.25, 0.3) is 0 Å². The molecule has 0 radical (unpaired) electrons. The molecule has 0 aliphatic rings. The Kier molecular flexibility index (Phi) is 6.81. The molecule has 14 heavy (non-hydrogen) atoms. The third-order valence-corrected chi connectivity index (χ3v) is 1.71. The fourth-order valence-electron chi connectivity index (χ4n) is 0.958. The maximum absolute atomic E-state index is 11.4. The number of carbonyl (C=O) groups excluding carboxylic acids is 1. The van der Waals surface area contributed by atoms with E-state index in [1.54, 1.807) is 7.11 Å². The maximum atomic E-state index is 11.4. The van der Waals surface area contributed by atoms with Crippen molar-refractivity contribution in [2.24, 2.45) is 5.92 Å². The Morgan fingerprint density at radius 2 is 2.07 bits per heavy atom. The highest BCUT2D eigenvalue weighted by Crippen LogP contribution is 2.09. The van der Waals surface area contributed by atoms with Gasteiger partial charge in [-0.2, -0.15) is 0 Å². The van der Waals surface area contributed by atoms with Crippen molar-refractivity contribution in [1.29, 1.82) is 0 Å². The monoisotopic (exact) mass is 198 g/mol. The molecule has 0 aromatic carbocycles. The predicted octanol–water partition coefficient (Wildman–Crippen LogP) is 1.93. The number of esters is 1. The van der Waals surface area contributed by atoms with Gasteiger partial charge in [0.2, 0.25) is 0 Å². The van der Waals surface area contributed by atoms with Gasteiger partial charge >= 0.3 is 5.97 Å². The van der Waals surface area contributed by atoms with E-state index in [1.165, 1.54) is 0 Å². The Morgan fingerprint density at radius 3 is 2.50 bits per heavy atom. The van der Waals surface area contributed by atoms with Crippen LogP contribution in [0.2, 0.25) is 0 Å². The summed E-state index contributed by atoms with van der Waals surface area (Å²) in [4.78, 5) is 11.4. The summed E-state index contributed by atoms with van der Waals surface area (Å²) in [7, 11) is 1.62. The first-order valence-electron chi connectivity index (χ1n) is 4.69. The van der Waals surface area contributed by atoms with Gasteiger partial charge in [-0.15, -0.1) is 5.73 Å². The molecule has 0 atom stereocenters. The van der Waals surface area contributed by atoms with Crippen LogP contribution in [0.25, 0.3) is 0 Å². The fraction of sp³-hybridized carbons (Fsp3) is 0.636. The van der Waals surface area contributed by atoms with E-state index >= 15 is 0 Å². The van der Waals surface area contributed by atoms with Crippen molar-refractivity contribution in [3.63, 3.8) is 0 Å². The van der Waals surface area contributed by atoms with E-state index in [1.807, 2.05) is 13.8 Å². The van der Waals surface area contributed by atoms with Gasteiger partial charge in [0.05, 0.1) is 12.2 Å². The second-order valence-electron chi connectivity index (χ2n) is 3.23. The zero-order chi connectivity index (χ0) is 11.0. The van der Waals surface area contributed by atoms with E-state index in [-0.39, 0.29) is 11.9 Å². The van der Waals surface area contributed by atoms with Crippen LogP contribution in [0.3, 0.4) is 0 Å². The summed E-state index contributed by atoms with van der Waals surface area (Å²) in [5.74, 6) is -0.228. The van der Waals surface area contributed by atoms with Crippen LogP contribution in [-0.4, -0.2) is 26.3 Å². The van der Waals surface area contributed by atoms with Crippen molar-refractivity contribution in [2.75, 3.05) is 20.3 Å². The highest BCUT2D eigenvalue weighted by atomic mass is 16.5. The lowest BCUT2D eigenvalue weighted by Gasteiger charge is -2.08. The Bertz CT molecular complexity index is 225. The summed E-state index contributed by atoms with van der Waals surface area (Å²) in [5, 5.41) is 0. The summed E-state index contributed by atoms with van der Waals surface area (Å²) in [5.41, 5.74) is 3.11. The molecule has 0 saturated carbocycles. The zero-order valence-corrected chi connectivity index (χ0v) is 9.13. The van der Waals surface area contributed by atoms with Crippen molar-refractivity contribution in [2.45, 2.75) is 20.3 Å². The Morgan fingerprint density at radius 1 is 1.43 bits per heavy atom. The van der Waals surface area contributed by atoms with Crippen LogP contribution in [-0.2, 0) is 14.3 Å². The molecule has 0 amide bonds. The van der Waals surface area contributed by atoms with E-state index in [9.17, 15) is 4.79 Å². The third kappa shape index (κ3) is 4.85. The second kappa shape index (κ2) is 7.36. The van der Waals surface area contributed by atoms with Crippen molar-refractivity contribution >= 4 is 5.97 Å². The Balaban J connectivity index is 3.89. The lowest BCUT2D eigenvalue weighted by Crippen LogP contribution is -2.13. The van der Waals surface area contributed by atoms with Crippen LogP contribution >= 0.6 is 0 Å². The Labute approximate surface area is 85.4 Å². The van der Waals surface area contributed by atoms with Gasteiger partial charge in [0.15, 0.2) is 0 Å². The molecule has 0 heterocycles. The van der Waals surface area contributed by atoms with E-state index in [2.05, 4.69) is 12.3 Å². The van der Waals surface area contributed by atoms with E-state index in [0.29, 0.717) is 25.2 Å². The quantitative estimate of drug-likeness (QED) is 0.283. The minimum Gasteiger partial charge on any atom is -0.462 e. The standard InChI is InChI=1S/C11H18O3/c1-5-10(9(2)3)11(12)14-8-6-7-13-4/h9H,1,6-8H2,2-4H3. The SMILES string of the molecule is C=C=C(C(=O)OCCCOC)C(C)C. The van der Waals surface area contributed by atoms with Crippen molar-refractivity contribution < 1.29 is 14.3 Å². The minimum absolute atomic E-state index is 0.0995. The average Bonchev–Trinajstić information content (AvgIpc) is 2.13. The minimum atomic E-state index is -0.328. The van der Waals surface area contributed by atoms with Gasteiger partial charge in [0.1, 0.15) is 0 Å². The molecule has 0 fully saturated rings. The molecular formula is C11H18O3. The van der Waals surface area contributed by atoms with Crippen LogP contribution in [0.5, 0.6) is 0 Å². The molecule has 80 valence electrons. The highest BCUT2D eigenvalue weighted by Gasteiger charge is 2.13. The first-order chi connectivity index (χ1) is 6.63.